The highest BCUT2D eigenvalue weighted by molar-refractivity contribution is 6.32. The van der Waals surface area contributed by atoms with Crippen molar-refractivity contribution in [2.75, 3.05) is 11.9 Å². The molecule has 26 heavy (non-hydrogen) atoms. The van der Waals surface area contributed by atoms with E-state index < -0.39 is 18.0 Å². The van der Waals surface area contributed by atoms with E-state index in [2.05, 4.69) is 5.32 Å². The summed E-state index contributed by atoms with van der Waals surface area (Å²) >= 11 is 6.06. The van der Waals surface area contributed by atoms with Crippen LogP contribution in [0, 0.1) is 11.2 Å². The molecule has 0 radical (unpaired) electrons. The van der Waals surface area contributed by atoms with Crippen LogP contribution in [0.2, 0.25) is 5.02 Å². The maximum Gasteiger partial charge on any atom is 0.341 e. The molecule has 1 saturated carbocycles. The van der Waals surface area contributed by atoms with Gasteiger partial charge < -0.3 is 15.2 Å². The van der Waals surface area contributed by atoms with Gasteiger partial charge in [-0.25, -0.2) is 9.18 Å². The predicted molar refractivity (Wildman–Crippen MR) is 95.0 cm³/mol. The van der Waals surface area contributed by atoms with E-state index in [0.29, 0.717) is 30.5 Å². The molecule has 136 valence electrons. The van der Waals surface area contributed by atoms with Crippen LogP contribution in [-0.4, -0.2) is 23.6 Å². The van der Waals surface area contributed by atoms with E-state index in [1.807, 2.05) is 0 Å². The third-order valence-electron chi connectivity index (χ3n) is 4.36. The van der Waals surface area contributed by atoms with Crippen molar-refractivity contribution in [1.29, 1.82) is 0 Å². The molecule has 0 spiro atoms. The van der Waals surface area contributed by atoms with E-state index in [4.69, 9.17) is 21.4 Å². The lowest BCUT2D eigenvalue weighted by Crippen LogP contribution is -2.26. The Morgan fingerprint density at radius 3 is 2.58 bits per heavy atom. The van der Waals surface area contributed by atoms with Gasteiger partial charge in [-0.2, -0.15) is 0 Å². The molecule has 0 aromatic heterocycles. The Morgan fingerprint density at radius 1 is 1.23 bits per heavy atom. The smallest absolute Gasteiger partial charge is 0.341 e. The van der Waals surface area contributed by atoms with Gasteiger partial charge in [-0.3, -0.25) is 4.79 Å². The molecule has 3 rings (SSSR count). The molecule has 2 aromatic carbocycles. The van der Waals surface area contributed by atoms with Gasteiger partial charge in [0, 0.05) is 5.69 Å². The fourth-order valence-electron chi connectivity index (χ4n) is 2.74. The average Bonchev–Trinajstić information content (AvgIpc) is 3.37. The second kappa shape index (κ2) is 7.33. The molecule has 1 fully saturated rings. The number of anilines is 1. The van der Waals surface area contributed by atoms with Crippen molar-refractivity contribution in [3.05, 3.63) is 58.9 Å². The molecule has 5 nitrogen and oxygen atoms in total. The van der Waals surface area contributed by atoms with E-state index in [1.165, 1.54) is 18.2 Å². The van der Waals surface area contributed by atoms with E-state index in [-0.39, 0.29) is 22.5 Å². The third kappa shape index (κ3) is 4.14. The molecule has 2 N–H and O–H groups in total. The van der Waals surface area contributed by atoms with Crippen molar-refractivity contribution in [2.45, 2.75) is 19.3 Å². The molecular formula is C19H17ClFNO4. The monoisotopic (exact) mass is 377 g/mol. The van der Waals surface area contributed by atoms with Gasteiger partial charge in [-0.05, 0) is 49.1 Å². The number of carboxylic acid groups (broad SMARTS) is 1. The molecule has 1 aliphatic carbocycles. The Morgan fingerprint density at radius 2 is 1.96 bits per heavy atom. The van der Waals surface area contributed by atoms with Crippen molar-refractivity contribution in [2.24, 2.45) is 5.41 Å². The standard InChI is InChI=1S/C19H17ClFNO4/c20-14-9-13(5-6-16(14)26-11-17(23)24)22-18(25)19(7-8-19)10-12-3-1-2-4-15(12)21/h1-6,9H,7-8,10-11H2,(H,22,25)(H,23,24). The van der Waals surface area contributed by atoms with Crippen molar-refractivity contribution in [3.63, 3.8) is 0 Å². The maximum absolute atomic E-state index is 13.9. The first-order valence-electron chi connectivity index (χ1n) is 8.09. The van der Waals surface area contributed by atoms with Gasteiger partial charge in [0.05, 0.1) is 10.4 Å². The Hall–Kier alpha value is -2.60. The highest BCUT2D eigenvalue weighted by atomic mass is 35.5. The quantitative estimate of drug-likeness (QED) is 0.767. The van der Waals surface area contributed by atoms with Crippen molar-refractivity contribution >= 4 is 29.2 Å². The van der Waals surface area contributed by atoms with Crippen LogP contribution in [-0.2, 0) is 16.0 Å². The SMILES string of the molecule is O=C(O)COc1ccc(NC(=O)C2(Cc3ccccc3F)CC2)cc1Cl. The number of carbonyl (C=O) groups is 2. The molecule has 0 heterocycles. The van der Waals surface area contributed by atoms with Crippen molar-refractivity contribution < 1.29 is 23.8 Å². The zero-order valence-corrected chi connectivity index (χ0v) is 14.6. The fraction of sp³-hybridized carbons (Fsp3) is 0.263. The number of ether oxygens (including phenoxy) is 1. The zero-order chi connectivity index (χ0) is 18.7. The highest BCUT2D eigenvalue weighted by Gasteiger charge is 2.50. The highest BCUT2D eigenvalue weighted by Crippen LogP contribution is 2.49. The number of hydrogen-bond acceptors (Lipinski definition) is 3. The number of benzene rings is 2. The topological polar surface area (TPSA) is 75.6 Å². The van der Waals surface area contributed by atoms with Gasteiger partial charge in [0.25, 0.3) is 0 Å². The van der Waals surface area contributed by atoms with Crippen LogP contribution in [0.3, 0.4) is 0 Å². The molecule has 0 saturated heterocycles. The van der Waals surface area contributed by atoms with E-state index in [9.17, 15) is 14.0 Å². The number of carboxylic acids is 1. The van der Waals surface area contributed by atoms with Gasteiger partial charge >= 0.3 is 5.97 Å². The van der Waals surface area contributed by atoms with E-state index in [0.717, 1.165) is 0 Å². The molecule has 2 aromatic rings. The number of aliphatic carboxylic acids is 1. The van der Waals surface area contributed by atoms with Crippen molar-refractivity contribution in [3.8, 4) is 5.75 Å². The number of amides is 1. The lowest BCUT2D eigenvalue weighted by Gasteiger charge is -2.16. The number of hydrogen-bond donors (Lipinski definition) is 2. The fourth-order valence-corrected chi connectivity index (χ4v) is 2.98. The molecule has 1 amide bonds. The molecule has 0 unspecified atom stereocenters. The normalized spacial score (nSPS) is 14.5. The van der Waals surface area contributed by atoms with Crippen LogP contribution in [0.4, 0.5) is 10.1 Å². The number of halogens is 2. The Balaban J connectivity index is 1.67. The Kier molecular flexibility index (Phi) is 5.13. The largest absolute Gasteiger partial charge is 0.480 e. The van der Waals surface area contributed by atoms with Gasteiger partial charge in [-0.1, -0.05) is 29.8 Å². The third-order valence-corrected chi connectivity index (χ3v) is 4.66. The minimum absolute atomic E-state index is 0.184. The maximum atomic E-state index is 13.9. The molecular weight excluding hydrogens is 361 g/mol. The zero-order valence-electron chi connectivity index (χ0n) is 13.8. The summed E-state index contributed by atoms with van der Waals surface area (Å²) in [5, 5.41) is 11.6. The second-order valence-electron chi connectivity index (χ2n) is 6.33. The van der Waals surface area contributed by atoms with Crippen LogP contribution >= 0.6 is 11.6 Å². The van der Waals surface area contributed by atoms with Crippen LogP contribution in [0.1, 0.15) is 18.4 Å². The van der Waals surface area contributed by atoms with Gasteiger partial charge in [0.15, 0.2) is 6.61 Å². The van der Waals surface area contributed by atoms with Gasteiger partial charge in [-0.15, -0.1) is 0 Å². The Bertz CT molecular complexity index is 851. The number of nitrogens with one attached hydrogen (secondary N) is 1. The Labute approximate surface area is 154 Å². The average molecular weight is 378 g/mol. The molecule has 0 bridgehead atoms. The van der Waals surface area contributed by atoms with Gasteiger partial charge in [0.2, 0.25) is 5.91 Å². The van der Waals surface area contributed by atoms with Gasteiger partial charge in [0.1, 0.15) is 11.6 Å². The summed E-state index contributed by atoms with van der Waals surface area (Å²) < 4.78 is 18.9. The minimum atomic E-state index is -1.11. The molecule has 1 aliphatic rings. The molecule has 0 atom stereocenters. The first kappa shape index (κ1) is 18.2. The first-order valence-corrected chi connectivity index (χ1v) is 8.46. The minimum Gasteiger partial charge on any atom is -0.480 e. The number of rotatable bonds is 7. The van der Waals surface area contributed by atoms with Crippen LogP contribution < -0.4 is 10.1 Å². The summed E-state index contributed by atoms with van der Waals surface area (Å²) in [6, 6.07) is 11.0. The summed E-state index contributed by atoms with van der Waals surface area (Å²) in [6.07, 6.45) is 1.74. The summed E-state index contributed by atoms with van der Waals surface area (Å²) in [6.45, 7) is -0.503. The summed E-state index contributed by atoms with van der Waals surface area (Å²) in [7, 11) is 0. The van der Waals surface area contributed by atoms with Crippen LogP contribution in [0.15, 0.2) is 42.5 Å². The van der Waals surface area contributed by atoms with Crippen LogP contribution in [0.25, 0.3) is 0 Å². The predicted octanol–water partition coefficient (Wildman–Crippen LogP) is 3.90. The van der Waals surface area contributed by atoms with E-state index >= 15 is 0 Å². The lowest BCUT2D eigenvalue weighted by molar-refractivity contribution is -0.139. The molecule has 7 heteroatoms. The summed E-state index contributed by atoms with van der Waals surface area (Å²) in [5.74, 6) is -1.38. The lowest BCUT2D eigenvalue weighted by atomic mass is 9.95. The summed E-state index contributed by atoms with van der Waals surface area (Å²) in [4.78, 5) is 23.2. The number of carbonyl (C=O) groups excluding carboxylic acids is 1. The molecule has 0 aliphatic heterocycles. The van der Waals surface area contributed by atoms with Crippen molar-refractivity contribution in [1.82, 2.24) is 0 Å². The van der Waals surface area contributed by atoms with E-state index in [1.54, 1.807) is 24.3 Å². The first-order chi connectivity index (χ1) is 12.4. The van der Waals surface area contributed by atoms with Crippen LogP contribution in [0.5, 0.6) is 5.75 Å². The second-order valence-corrected chi connectivity index (χ2v) is 6.74. The summed E-state index contributed by atoms with van der Waals surface area (Å²) in [5.41, 5.74) is 0.394.